The molecule has 0 saturated carbocycles. The van der Waals surface area contributed by atoms with Gasteiger partial charge in [0, 0.05) is 19.5 Å². The predicted octanol–water partition coefficient (Wildman–Crippen LogP) is -0.806. The van der Waals surface area contributed by atoms with E-state index in [1.54, 1.807) is 0 Å². The molecule has 0 bridgehead atoms. The molecule has 0 aliphatic carbocycles. The van der Waals surface area contributed by atoms with Crippen LogP contribution < -0.4 is 16.0 Å². The van der Waals surface area contributed by atoms with Gasteiger partial charge >= 0.3 is 6.03 Å². The predicted molar refractivity (Wildman–Crippen MR) is 43.6 cm³/mol. The topological polar surface area (TPSA) is 70.2 Å². The quantitative estimate of drug-likeness (QED) is 0.520. The van der Waals surface area contributed by atoms with Crippen LogP contribution in [0.25, 0.3) is 0 Å². The molecular formula is C7H13N3O2. The SMILES string of the molecule is CCNC(=O)CC1CNC(=O)N1. The fourth-order valence-corrected chi connectivity index (χ4v) is 1.12. The molecule has 1 aliphatic heterocycles. The molecule has 0 spiro atoms. The van der Waals surface area contributed by atoms with Crippen LogP contribution in [-0.2, 0) is 4.79 Å². The van der Waals surface area contributed by atoms with E-state index >= 15 is 0 Å². The van der Waals surface area contributed by atoms with Gasteiger partial charge in [0.05, 0.1) is 6.04 Å². The maximum Gasteiger partial charge on any atom is 0.315 e. The average Bonchev–Trinajstić information content (AvgIpc) is 2.36. The van der Waals surface area contributed by atoms with Gasteiger partial charge in [-0.15, -0.1) is 0 Å². The lowest BCUT2D eigenvalue weighted by atomic mass is 10.2. The molecule has 0 aromatic heterocycles. The molecule has 1 fully saturated rings. The average molecular weight is 171 g/mol. The van der Waals surface area contributed by atoms with Crippen molar-refractivity contribution in [1.29, 1.82) is 0 Å². The second-order valence-electron chi connectivity index (χ2n) is 2.71. The Morgan fingerprint density at radius 1 is 1.75 bits per heavy atom. The normalized spacial score (nSPS) is 21.4. The van der Waals surface area contributed by atoms with E-state index in [2.05, 4.69) is 16.0 Å². The van der Waals surface area contributed by atoms with Crippen molar-refractivity contribution < 1.29 is 9.59 Å². The Labute approximate surface area is 70.9 Å². The standard InChI is InChI=1S/C7H13N3O2/c1-2-8-6(11)3-5-4-9-7(12)10-5/h5H,2-4H2,1H3,(H,8,11)(H2,9,10,12). The van der Waals surface area contributed by atoms with Gasteiger partial charge in [0.25, 0.3) is 0 Å². The van der Waals surface area contributed by atoms with E-state index in [9.17, 15) is 9.59 Å². The monoisotopic (exact) mass is 171 g/mol. The Kier molecular flexibility index (Phi) is 2.90. The van der Waals surface area contributed by atoms with Crippen molar-refractivity contribution in [3.05, 3.63) is 0 Å². The van der Waals surface area contributed by atoms with Crippen LogP contribution >= 0.6 is 0 Å². The Hall–Kier alpha value is -1.26. The Morgan fingerprint density at radius 3 is 3.00 bits per heavy atom. The van der Waals surface area contributed by atoms with Gasteiger partial charge in [-0.3, -0.25) is 4.79 Å². The maximum absolute atomic E-state index is 11.0. The van der Waals surface area contributed by atoms with E-state index in [1.807, 2.05) is 6.92 Å². The van der Waals surface area contributed by atoms with Gasteiger partial charge < -0.3 is 16.0 Å². The van der Waals surface area contributed by atoms with E-state index in [4.69, 9.17) is 0 Å². The van der Waals surface area contributed by atoms with Crippen LogP contribution in [0.5, 0.6) is 0 Å². The summed E-state index contributed by atoms with van der Waals surface area (Å²) in [6, 6.07) is -0.242. The number of amides is 3. The minimum atomic E-state index is -0.190. The molecule has 68 valence electrons. The van der Waals surface area contributed by atoms with Crippen molar-refractivity contribution in [1.82, 2.24) is 16.0 Å². The first kappa shape index (κ1) is 8.83. The summed E-state index contributed by atoms with van der Waals surface area (Å²) >= 11 is 0. The number of hydrogen-bond acceptors (Lipinski definition) is 2. The second-order valence-corrected chi connectivity index (χ2v) is 2.71. The summed E-state index contributed by atoms with van der Waals surface area (Å²) in [7, 11) is 0. The van der Waals surface area contributed by atoms with Gasteiger partial charge in [0.15, 0.2) is 0 Å². The third kappa shape index (κ3) is 2.41. The third-order valence-corrected chi connectivity index (χ3v) is 1.65. The number of carbonyl (C=O) groups excluding carboxylic acids is 2. The van der Waals surface area contributed by atoms with Crippen molar-refractivity contribution >= 4 is 11.9 Å². The van der Waals surface area contributed by atoms with Crippen molar-refractivity contribution in [3.63, 3.8) is 0 Å². The first-order chi connectivity index (χ1) is 5.72. The summed E-state index contributed by atoms with van der Waals surface area (Å²) in [6.07, 6.45) is 0.354. The van der Waals surface area contributed by atoms with Crippen LogP contribution in [-0.4, -0.2) is 31.1 Å². The summed E-state index contributed by atoms with van der Waals surface area (Å²) in [6.45, 7) is 3.03. The lowest BCUT2D eigenvalue weighted by Crippen LogP contribution is -2.33. The largest absolute Gasteiger partial charge is 0.356 e. The van der Waals surface area contributed by atoms with Crippen molar-refractivity contribution in [3.8, 4) is 0 Å². The minimum absolute atomic E-state index is 0.0218. The third-order valence-electron chi connectivity index (χ3n) is 1.65. The molecule has 0 aromatic rings. The van der Waals surface area contributed by atoms with Crippen LogP contribution in [0.4, 0.5) is 4.79 Å². The lowest BCUT2D eigenvalue weighted by molar-refractivity contribution is -0.121. The minimum Gasteiger partial charge on any atom is -0.356 e. The zero-order valence-corrected chi connectivity index (χ0v) is 7.02. The number of rotatable bonds is 3. The molecule has 1 unspecified atom stereocenters. The van der Waals surface area contributed by atoms with Gasteiger partial charge in [-0.1, -0.05) is 0 Å². The smallest absolute Gasteiger partial charge is 0.315 e. The van der Waals surface area contributed by atoms with E-state index in [0.717, 1.165) is 0 Å². The van der Waals surface area contributed by atoms with Crippen molar-refractivity contribution in [2.24, 2.45) is 0 Å². The molecule has 12 heavy (non-hydrogen) atoms. The van der Waals surface area contributed by atoms with Gasteiger partial charge in [-0.2, -0.15) is 0 Å². The molecule has 5 heteroatoms. The summed E-state index contributed by atoms with van der Waals surface area (Å²) < 4.78 is 0. The molecule has 5 nitrogen and oxygen atoms in total. The van der Waals surface area contributed by atoms with E-state index in [1.165, 1.54) is 0 Å². The number of nitrogens with one attached hydrogen (secondary N) is 3. The Balaban J connectivity index is 2.23. The molecule has 0 radical (unpaired) electrons. The first-order valence-electron chi connectivity index (χ1n) is 4.03. The molecule has 1 heterocycles. The first-order valence-corrected chi connectivity index (χ1v) is 4.03. The number of urea groups is 1. The highest BCUT2D eigenvalue weighted by molar-refractivity contribution is 5.80. The van der Waals surface area contributed by atoms with Gasteiger partial charge in [0.2, 0.25) is 5.91 Å². The highest BCUT2D eigenvalue weighted by Gasteiger charge is 2.21. The second kappa shape index (κ2) is 3.94. The summed E-state index contributed by atoms with van der Waals surface area (Å²) in [5, 5.41) is 7.89. The molecule has 1 rings (SSSR count). The van der Waals surface area contributed by atoms with E-state index < -0.39 is 0 Å². The fraction of sp³-hybridized carbons (Fsp3) is 0.714. The van der Waals surface area contributed by atoms with Crippen molar-refractivity contribution in [2.45, 2.75) is 19.4 Å². The van der Waals surface area contributed by atoms with Crippen LogP contribution in [0.1, 0.15) is 13.3 Å². The number of hydrogen-bond donors (Lipinski definition) is 3. The molecule has 1 aliphatic rings. The zero-order valence-electron chi connectivity index (χ0n) is 7.02. The highest BCUT2D eigenvalue weighted by Crippen LogP contribution is 1.95. The van der Waals surface area contributed by atoms with Crippen LogP contribution in [0.3, 0.4) is 0 Å². The van der Waals surface area contributed by atoms with Crippen LogP contribution in [0.15, 0.2) is 0 Å². The lowest BCUT2D eigenvalue weighted by Gasteiger charge is -2.07. The van der Waals surface area contributed by atoms with Gasteiger partial charge in [-0.25, -0.2) is 4.79 Å². The Bertz CT molecular complexity index is 193. The van der Waals surface area contributed by atoms with Gasteiger partial charge in [0.1, 0.15) is 0 Å². The molecule has 3 N–H and O–H groups in total. The highest BCUT2D eigenvalue weighted by atomic mass is 16.2. The zero-order chi connectivity index (χ0) is 8.97. The summed E-state index contributed by atoms with van der Waals surface area (Å²) in [5.74, 6) is -0.0218. The molecule has 0 aromatic carbocycles. The molecule has 1 saturated heterocycles. The fourth-order valence-electron chi connectivity index (χ4n) is 1.12. The van der Waals surface area contributed by atoms with Crippen molar-refractivity contribution in [2.75, 3.05) is 13.1 Å². The van der Waals surface area contributed by atoms with E-state index in [-0.39, 0.29) is 18.0 Å². The maximum atomic E-state index is 11.0. The van der Waals surface area contributed by atoms with Crippen LogP contribution in [0.2, 0.25) is 0 Å². The molecule has 3 amide bonds. The molecule has 1 atom stereocenters. The van der Waals surface area contributed by atoms with Gasteiger partial charge in [-0.05, 0) is 6.92 Å². The Morgan fingerprint density at radius 2 is 2.50 bits per heavy atom. The summed E-state index contributed by atoms with van der Waals surface area (Å²) in [4.78, 5) is 21.7. The number of carbonyl (C=O) groups is 2. The summed E-state index contributed by atoms with van der Waals surface area (Å²) in [5.41, 5.74) is 0. The van der Waals surface area contributed by atoms with E-state index in [0.29, 0.717) is 19.5 Å². The molecular weight excluding hydrogens is 158 g/mol. The van der Waals surface area contributed by atoms with Crippen LogP contribution in [0, 0.1) is 0 Å².